The van der Waals surface area contributed by atoms with E-state index >= 15 is 0 Å². The Morgan fingerprint density at radius 2 is 2.07 bits per heavy atom. The molecule has 1 aliphatic heterocycles. The number of aliphatic hydroxyl groups is 2. The highest BCUT2D eigenvalue weighted by Gasteiger charge is 2.45. The standard InChI is InChI=1S/C15H23N7O7S/c1-6(2)8(16)14(25)21-30(26,27)28-3-7-10(23)11(24)15(29-7)22-5-20-9-12(17)18-4-19-13(9)22/h4-8,10-11,15,23-24H,3,16H2,1-2H3,(H,21,25)(H2,17,18,19)/p+1/t7-,8-,10-,11-,15-/m1/s1. The first kappa shape index (κ1) is 22.3. The molecule has 1 saturated heterocycles. The van der Waals surface area contributed by atoms with Gasteiger partial charge in [-0.25, -0.2) is 19.7 Å². The summed E-state index contributed by atoms with van der Waals surface area (Å²) < 4.78 is 37.4. The Kier molecular flexibility index (Phi) is 6.21. The van der Waals surface area contributed by atoms with Gasteiger partial charge in [0.2, 0.25) is 0 Å². The van der Waals surface area contributed by atoms with E-state index in [2.05, 4.69) is 20.7 Å². The second kappa shape index (κ2) is 8.37. The average molecular weight is 446 g/mol. The van der Waals surface area contributed by atoms with Crippen molar-refractivity contribution in [3.05, 3.63) is 12.7 Å². The Labute approximate surface area is 171 Å². The number of fused-ring (bicyclic) bond motifs is 1. The van der Waals surface area contributed by atoms with Gasteiger partial charge in [-0.05, 0) is 0 Å². The third-order valence-electron chi connectivity index (χ3n) is 4.75. The molecular weight excluding hydrogens is 422 g/mol. The smallest absolute Gasteiger partial charge is 0.362 e. The molecule has 0 aromatic carbocycles. The van der Waals surface area contributed by atoms with Crippen molar-refractivity contribution in [1.29, 1.82) is 0 Å². The second-order valence-corrected chi connectivity index (χ2v) is 8.53. The van der Waals surface area contributed by atoms with Gasteiger partial charge in [-0.2, -0.15) is 8.42 Å². The number of nitrogens with two attached hydrogens (primary N) is 1. The minimum atomic E-state index is -4.47. The zero-order valence-electron chi connectivity index (χ0n) is 16.2. The van der Waals surface area contributed by atoms with Gasteiger partial charge >= 0.3 is 10.3 Å². The predicted molar refractivity (Wildman–Crippen MR) is 100 cm³/mol. The fourth-order valence-electron chi connectivity index (χ4n) is 2.84. The Bertz CT molecular complexity index is 1030. The van der Waals surface area contributed by atoms with E-state index < -0.39 is 53.4 Å². The second-order valence-electron chi connectivity index (χ2n) is 7.18. The highest BCUT2D eigenvalue weighted by atomic mass is 32.2. The molecule has 0 spiro atoms. The summed E-state index contributed by atoms with van der Waals surface area (Å²) in [5, 5.41) is 20.6. The molecular formula is C15H24N7O7S+. The van der Waals surface area contributed by atoms with Gasteiger partial charge in [-0.15, -0.1) is 0 Å². The first-order chi connectivity index (χ1) is 14.0. The quantitative estimate of drug-likeness (QED) is 0.283. The molecule has 3 rings (SSSR count). The van der Waals surface area contributed by atoms with E-state index in [1.807, 2.05) is 0 Å². The summed E-state index contributed by atoms with van der Waals surface area (Å²) in [6, 6.07) is -0.799. The molecule has 2 aromatic heterocycles. The van der Waals surface area contributed by atoms with Crippen molar-refractivity contribution in [2.75, 3.05) is 12.3 Å². The molecule has 15 heteroatoms. The number of amides is 1. The Morgan fingerprint density at radius 3 is 2.73 bits per heavy atom. The molecule has 5 atom stereocenters. The molecule has 0 radical (unpaired) electrons. The number of anilines is 1. The normalized spacial score (nSPS) is 25.7. The number of quaternary nitrogens is 1. The van der Waals surface area contributed by atoms with Crippen LogP contribution in [0.4, 0.5) is 5.82 Å². The zero-order chi connectivity index (χ0) is 22.2. The molecule has 14 nitrogen and oxygen atoms in total. The number of hydrogen-bond acceptors (Lipinski definition) is 11. The summed E-state index contributed by atoms with van der Waals surface area (Å²) >= 11 is 0. The van der Waals surface area contributed by atoms with Crippen LogP contribution in [0.15, 0.2) is 12.7 Å². The third kappa shape index (κ3) is 4.35. The van der Waals surface area contributed by atoms with Crippen LogP contribution >= 0.6 is 0 Å². The Morgan fingerprint density at radius 1 is 1.37 bits per heavy atom. The number of nitrogen functional groups attached to an aromatic ring is 1. The molecule has 0 unspecified atom stereocenters. The third-order valence-corrected chi connectivity index (χ3v) is 5.65. The van der Waals surface area contributed by atoms with Gasteiger partial charge in [0, 0.05) is 5.92 Å². The maximum absolute atomic E-state index is 12.0. The number of aliphatic hydroxyl groups excluding tert-OH is 2. The van der Waals surface area contributed by atoms with Crippen LogP contribution < -0.4 is 16.2 Å². The van der Waals surface area contributed by atoms with Crippen LogP contribution in [-0.2, 0) is 24.0 Å². The number of imidazole rings is 1. The summed E-state index contributed by atoms with van der Waals surface area (Å²) in [6.07, 6.45) is -2.75. The molecule has 0 aliphatic carbocycles. The molecule has 1 fully saturated rings. The lowest BCUT2D eigenvalue weighted by Crippen LogP contribution is -2.70. The molecule has 1 amide bonds. The van der Waals surface area contributed by atoms with Gasteiger partial charge in [0.15, 0.2) is 23.7 Å². The zero-order valence-corrected chi connectivity index (χ0v) is 17.1. The van der Waals surface area contributed by atoms with E-state index in [0.717, 1.165) is 0 Å². The van der Waals surface area contributed by atoms with Gasteiger partial charge in [0.1, 0.15) is 30.2 Å². The van der Waals surface area contributed by atoms with E-state index in [0.29, 0.717) is 0 Å². The predicted octanol–water partition coefficient (Wildman–Crippen LogP) is -3.33. The van der Waals surface area contributed by atoms with Crippen LogP contribution in [0.1, 0.15) is 20.1 Å². The van der Waals surface area contributed by atoms with E-state index in [-0.39, 0.29) is 22.9 Å². The lowest BCUT2D eigenvalue weighted by Gasteiger charge is -2.16. The molecule has 166 valence electrons. The fourth-order valence-corrected chi connectivity index (χ4v) is 3.61. The van der Waals surface area contributed by atoms with E-state index in [9.17, 15) is 23.4 Å². The Hall–Kier alpha value is -2.43. The van der Waals surface area contributed by atoms with Crippen molar-refractivity contribution in [2.45, 2.75) is 44.4 Å². The molecule has 2 aromatic rings. The first-order valence-electron chi connectivity index (χ1n) is 9.00. The van der Waals surface area contributed by atoms with Crippen LogP contribution in [-0.4, -0.2) is 75.0 Å². The van der Waals surface area contributed by atoms with Crippen molar-refractivity contribution in [2.24, 2.45) is 5.92 Å². The lowest BCUT2D eigenvalue weighted by atomic mass is 10.1. The van der Waals surface area contributed by atoms with Crippen LogP contribution in [0, 0.1) is 5.92 Å². The molecule has 30 heavy (non-hydrogen) atoms. The fraction of sp³-hybridized carbons (Fsp3) is 0.600. The van der Waals surface area contributed by atoms with Crippen molar-refractivity contribution >= 4 is 33.2 Å². The largest absolute Gasteiger partial charge is 0.387 e. The monoisotopic (exact) mass is 446 g/mol. The van der Waals surface area contributed by atoms with Crippen LogP contribution in [0.2, 0.25) is 0 Å². The summed E-state index contributed by atoms with van der Waals surface area (Å²) in [7, 11) is -4.47. The summed E-state index contributed by atoms with van der Waals surface area (Å²) in [6.45, 7) is 2.78. The van der Waals surface area contributed by atoms with Crippen molar-refractivity contribution < 1.29 is 38.1 Å². The van der Waals surface area contributed by atoms with Gasteiger partial charge in [-0.1, -0.05) is 13.8 Å². The highest BCUT2D eigenvalue weighted by molar-refractivity contribution is 7.85. The maximum atomic E-state index is 12.0. The van der Waals surface area contributed by atoms with Crippen LogP contribution in [0.3, 0.4) is 0 Å². The number of aromatic nitrogens is 4. The van der Waals surface area contributed by atoms with Gasteiger partial charge < -0.3 is 26.4 Å². The minimum absolute atomic E-state index is 0.124. The van der Waals surface area contributed by atoms with Gasteiger partial charge in [-0.3, -0.25) is 13.5 Å². The number of carbonyl (C=O) groups is 1. The van der Waals surface area contributed by atoms with Crippen LogP contribution in [0.25, 0.3) is 11.2 Å². The number of nitrogens with one attached hydrogen (secondary N) is 1. The number of carbonyl (C=O) groups excluding carboxylic acids is 1. The Balaban J connectivity index is 1.68. The molecule has 3 heterocycles. The SMILES string of the molecule is CC(C)[C@@H]([NH3+])C(=O)NS(=O)(=O)OC[C@H]1O[C@@H](n2cnc3c(N)ncnc32)[C@H](O)[C@@H]1O. The topological polar surface area (TPSA) is 219 Å². The van der Waals surface area contributed by atoms with Crippen molar-refractivity contribution in [3.8, 4) is 0 Å². The van der Waals surface area contributed by atoms with E-state index in [1.165, 1.54) is 17.2 Å². The number of nitrogens with zero attached hydrogens (tertiary/aromatic N) is 4. The number of ether oxygens (including phenoxy) is 1. The minimum Gasteiger partial charge on any atom is -0.387 e. The van der Waals surface area contributed by atoms with Crippen molar-refractivity contribution in [1.82, 2.24) is 24.2 Å². The average Bonchev–Trinajstić information content (AvgIpc) is 3.22. The van der Waals surface area contributed by atoms with Gasteiger partial charge in [0.25, 0.3) is 5.91 Å². The maximum Gasteiger partial charge on any atom is 0.362 e. The summed E-state index contributed by atoms with van der Waals surface area (Å²) in [5.41, 5.74) is 9.86. The number of hydrogen-bond donors (Lipinski definition) is 5. The molecule has 1 aliphatic rings. The van der Waals surface area contributed by atoms with E-state index in [4.69, 9.17) is 14.7 Å². The highest BCUT2D eigenvalue weighted by Crippen LogP contribution is 2.32. The summed E-state index contributed by atoms with van der Waals surface area (Å²) in [4.78, 5) is 23.8. The van der Waals surface area contributed by atoms with Crippen LogP contribution in [0.5, 0.6) is 0 Å². The lowest BCUT2D eigenvalue weighted by molar-refractivity contribution is -0.413. The molecule has 0 bridgehead atoms. The van der Waals surface area contributed by atoms with E-state index in [1.54, 1.807) is 18.6 Å². The first-order valence-corrected chi connectivity index (χ1v) is 10.4. The van der Waals surface area contributed by atoms with Crippen molar-refractivity contribution in [3.63, 3.8) is 0 Å². The molecule has 8 N–H and O–H groups in total. The number of rotatable bonds is 7. The summed E-state index contributed by atoms with van der Waals surface area (Å²) in [5.74, 6) is -0.879. The van der Waals surface area contributed by atoms with Gasteiger partial charge in [0.05, 0.1) is 12.9 Å². The molecule has 0 saturated carbocycles.